The number of hydrogen-bond acceptors (Lipinski definition) is 5. The van der Waals surface area contributed by atoms with Crippen LogP contribution in [0.5, 0.6) is 0 Å². The number of rotatable bonds is 2. The molecule has 0 bridgehead atoms. The third-order valence-electron chi connectivity index (χ3n) is 2.33. The lowest BCUT2D eigenvalue weighted by molar-refractivity contribution is 0.103. The first kappa shape index (κ1) is 10.8. The van der Waals surface area contributed by atoms with E-state index in [1.165, 1.54) is 11.3 Å². The maximum absolute atomic E-state index is 12.0. The molecule has 3 aromatic rings. The maximum atomic E-state index is 12.0. The molecule has 0 atom stereocenters. The van der Waals surface area contributed by atoms with Crippen molar-refractivity contribution < 1.29 is 4.79 Å². The second-order valence-electron chi connectivity index (χ2n) is 3.55. The Balaban J connectivity index is 1.88. The first-order valence-corrected chi connectivity index (χ1v) is 6.06. The van der Waals surface area contributed by atoms with Gasteiger partial charge in [-0.3, -0.25) is 14.8 Å². The molecule has 0 aromatic carbocycles. The van der Waals surface area contributed by atoms with Crippen LogP contribution in [0.2, 0.25) is 0 Å². The Kier molecular flexibility index (Phi) is 2.70. The molecule has 0 fully saturated rings. The minimum atomic E-state index is -0.161. The zero-order chi connectivity index (χ0) is 12.4. The molecule has 6 heteroatoms. The van der Waals surface area contributed by atoms with E-state index in [9.17, 15) is 4.79 Å². The molecule has 18 heavy (non-hydrogen) atoms. The first-order chi connectivity index (χ1) is 8.83. The van der Waals surface area contributed by atoms with Crippen LogP contribution >= 0.6 is 11.3 Å². The minimum absolute atomic E-state index is 0.161. The van der Waals surface area contributed by atoms with Crippen molar-refractivity contribution in [1.29, 1.82) is 0 Å². The Bertz CT molecular complexity index is 662. The molecule has 0 saturated carbocycles. The minimum Gasteiger partial charge on any atom is -0.321 e. The van der Waals surface area contributed by atoms with Crippen molar-refractivity contribution in [2.24, 2.45) is 0 Å². The molecule has 1 N–H and O–H groups in total. The van der Waals surface area contributed by atoms with Gasteiger partial charge in [-0.15, -0.1) is 11.3 Å². The van der Waals surface area contributed by atoms with E-state index in [1.54, 1.807) is 43.0 Å². The number of aromatic nitrogens is 3. The zero-order valence-corrected chi connectivity index (χ0v) is 10.0. The van der Waals surface area contributed by atoms with E-state index in [-0.39, 0.29) is 5.91 Å². The van der Waals surface area contributed by atoms with Crippen LogP contribution in [0.1, 0.15) is 9.67 Å². The number of carbonyl (C=O) groups excluding carboxylic acids is 1. The van der Waals surface area contributed by atoms with Crippen molar-refractivity contribution in [3.63, 3.8) is 0 Å². The number of carbonyl (C=O) groups is 1. The Morgan fingerprint density at radius 2 is 1.89 bits per heavy atom. The SMILES string of the molecule is O=C(Nc1ccncc1)c1cc2nccnc2s1. The van der Waals surface area contributed by atoms with Gasteiger partial charge in [-0.05, 0) is 18.2 Å². The summed E-state index contributed by atoms with van der Waals surface area (Å²) < 4.78 is 0. The molecule has 3 aromatic heterocycles. The molecule has 0 aliphatic rings. The van der Waals surface area contributed by atoms with E-state index in [1.807, 2.05) is 0 Å². The molecule has 3 rings (SSSR count). The number of fused-ring (bicyclic) bond motifs is 1. The molecular formula is C12H8N4OS. The zero-order valence-electron chi connectivity index (χ0n) is 9.20. The molecular weight excluding hydrogens is 248 g/mol. The summed E-state index contributed by atoms with van der Waals surface area (Å²) in [7, 11) is 0. The van der Waals surface area contributed by atoms with Gasteiger partial charge in [0.05, 0.1) is 4.88 Å². The Labute approximate surface area is 107 Å². The van der Waals surface area contributed by atoms with Crippen molar-refractivity contribution >= 4 is 33.3 Å². The van der Waals surface area contributed by atoms with Crippen molar-refractivity contribution in [1.82, 2.24) is 15.0 Å². The molecule has 0 aliphatic carbocycles. The quantitative estimate of drug-likeness (QED) is 0.764. The van der Waals surface area contributed by atoms with Crippen LogP contribution in [-0.2, 0) is 0 Å². The van der Waals surface area contributed by atoms with E-state index >= 15 is 0 Å². The highest BCUT2D eigenvalue weighted by Crippen LogP contribution is 2.22. The van der Waals surface area contributed by atoms with Gasteiger partial charge in [-0.2, -0.15) is 0 Å². The highest BCUT2D eigenvalue weighted by Gasteiger charge is 2.11. The van der Waals surface area contributed by atoms with Gasteiger partial charge in [0.1, 0.15) is 10.3 Å². The smallest absolute Gasteiger partial charge is 0.265 e. The number of amides is 1. The van der Waals surface area contributed by atoms with Gasteiger partial charge in [0, 0.05) is 30.5 Å². The number of nitrogens with one attached hydrogen (secondary N) is 1. The van der Waals surface area contributed by atoms with Gasteiger partial charge in [0.2, 0.25) is 0 Å². The molecule has 0 radical (unpaired) electrons. The lowest BCUT2D eigenvalue weighted by Gasteiger charge is -2.01. The fourth-order valence-corrected chi connectivity index (χ4v) is 2.36. The lowest BCUT2D eigenvalue weighted by Crippen LogP contribution is -2.09. The highest BCUT2D eigenvalue weighted by molar-refractivity contribution is 7.20. The predicted molar refractivity (Wildman–Crippen MR) is 69.6 cm³/mol. The second-order valence-corrected chi connectivity index (χ2v) is 4.58. The van der Waals surface area contributed by atoms with E-state index < -0.39 is 0 Å². The predicted octanol–water partition coefficient (Wildman–Crippen LogP) is 2.34. The summed E-state index contributed by atoms with van der Waals surface area (Å²) in [5, 5.41) is 2.80. The van der Waals surface area contributed by atoms with Crippen LogP contribution in [-0.4, -0.2) is 20.9 Å². The average Bonchev–Trinajstić information content (AvgIpc) is 2.84. The second kappa shape index (κ2) is 4.50. The summed E-state index contributed by atoms with van der Waals surface area (Å²) in [4.78, 5) is 25.6. The van der Waals surface area contributed by atoms with Crippen molar-refractivity contribution in [2.75, 3.05) is 5.32 Å². The number of pyridine rings is 1. The Hall–Kier alpha value is -2.34. The lowest BCUT2D eigenvalue weighted by atomic mass is 10.3. The van der Waals surface area contributed by atoms with Gasteiger partial charge in [-0.1, -0.05) is 0 Å². The molecule has 0 aliphatic heterocycles. The van der Waals surface area contributed by atoms with E-state index in [4.69, 9.17) is 0 Å². The summed E-state index contributed by atoms with van der Waals surface area (Å²) in [6.45, 7) is 0. The van der Waals surface area contributed by atoms with Gasteiger partial charge in [0.15, 0.2) is 0 Å². The topological polar surface area (TPSA) is 67.8 Å². The number of anilines is 1. The van der Waals surface area contributed by atoms with Crippen molar-refractivity contribution in [3.05, 3.63) is 47.9 Å². The summed E-state index contributed by atoms with van der Waals surface area (Å²) in [5.41, 5.74) is 1.45. The average molecular weight is 256 g/mol. The molecule has 3 heterocycles. The van der Waals surface area contributed by atoms with Crippen LogP contribution in [0.25, 0.3) is 10.3 Å². The number of nitrogens with zero attached hydrogens (tertiary/aromatic N) is 3. The standard InChI is InChI=1S/C12H8N4OS/c17-11(16-8-1-3-13-4-2-8)10-7-9-12(18-10)15-6-5-14-9/h1-7H,(H,13,16,17). The fraction of sp³-hybridized carbons (Fsp3) is 0. The Morgan fingerprint density at radius 1 is 1.11 bits per heavy atom. The van der Waals surface area contributed by atoms with Crippen molar-refractivity contribution in [2.45, 2.75) is 0 Å². The summed E-state index contributed by atoms with van der Waals surface area (Å²) in [6.07, 6.45) is 6.48. The molecule has 0 unspecified atom stereocenters. The molecule has 0 saturated heterocycles. The summed E-state index contributed by atoms with van der Waals surface area (Å²) >= 11 is 1.32. The number of thiophene rings is 1. The molecule has 88 valence electrons. The van der Waals surface area contributed by atoms with E-state index in [2.05, 4.69) is 20.3 Å². The third kappa shape index (κ3) is 2.05. The van der Waals surface area contributed by atoms with E-state index in [0.29, 0.717) is 10.6 Å². The summed E-state index contributed by atoms with van der Waals surface area (Å²) in [6, 6.07) is 5.22. The maximum Gasteiger partial charge on any atom is 0.265 e. The molecule has 1 amide bonds. The van der Waals surface area contributed by atoms with Crippen LogP contribution in [0, 0.1) is 0 Å². The van der Waals surface area contributed by atoms with Gasteiger partial charge in [0.25, 0.3) is 5.91 Å². The fourth-order valence-electron chi connectivity index (χ4n) is 1.51. The molecule has 5 nitrogen and oxygen atoms in total. The third-order valence-corrected chi connectivity index (χ3v) is 3.36. The van der Waals surface area contributed by atoms with Crippen LogP contribution in [0.4, 0.5) is 5.69 Å². The van der Waals surface area contributed by atoms with Gasteiger partial charge in [-0.25, -0.2) is 4.98 Å². The number of hydrogen-bond donors (Lipinski definition) is 1. The normalized spacial score (nSPS) is 10.4. The first-order valence-electron chi connectivity index (χ1n) is 5.25. The molecule has 0 spiro atoms. The van der Waals surface area contributed by atoms with Crippen molar-refractivity contribution in [3.8, 4) is 0 Å². The van der Waals surface area contributed by atoms with Gasteiger partial charge < -0.3 is 5.32 Å². The summed E-state index contributed by atoms with van der Waals surface area (Å²) in [5.74, 6) is -0.161. The van der Waals surface area contributed by atoms with Crippen LogP contribution in [0.3, 0.4) is 0 Å². The highest BCUT2D eigenvalue weighted by atomic mass is 32.1. The van der Waals surface area contributed by atoms with Crippen LogP contribution in [0.15, 0.2) is 43.0 Å². The van der Waals surface area contributed by atoms with E-state index in [0.717, 1.165) is 10.3 Å². The Morgan fingerprint density at radius 3 is 2.67 bits per heavy atom. The largest absolute Gasteiger partial charge is 0.321 e. The monoisotopic (exact) mass is 256 g/mol. The van der Waals surface area contributed by atoms with Crippen LogP contribution < -0.4 is 5.32 Å². The van der Waals surface area contributed by atoms with Gasteiger partial charge >= 0.3 is 0 Å².